The van der Waals surface area contributed by atoms with Crippen LogP contribution >= 0.6 is 0 Å². The maximum Gasteiger partial charge on any atom is 0.246 e. The summed E-state index contributed by atoms with van der Waals surface area (Å²) in [6, 6.07) is 13.3. The third kappa shape index (κ3) is 2.78. The summed E-state index contributed by atoms with van der Waals surface area (Å²) in [6.07, 6.45) is 0. The number of nitrogens with zero attached hydrogens (tertiary/aromatic N) is 1. The van der Waals surface area contributed by atoms with Crippen LogP contribution in [-0.4, -0.2) is 31.8 Å². The highest BCUT2D eigenvalue weighted by Gasteiger charge is 2.57. The van der Waals surface area contributed by atoms with Crippen molar-refractivity contribution in [3.8, 4) is 17.2 Å². The fourth-order valence-electron chi connectivity index (χ4n) is 4.65. The molecule has 1 N–H and O–H groups in total. The van der Waals surface area contributed by atoms with Crippen molar-refractivity contribution in [2.45, 2.75) is 5.41 Å². The molecule has 0 saturated carbocycles. The Bertz CT molecular complexity index is 1340. The van der Waals surface area contributed by atoms with Crippen LogP contribution in [0.25, 0.3) is 0 Å². The van der Waals surface area contributed by atoms with Gasteiger partial charge in [-0.15, -0.1) is 0 Å². The minimum atomic E-state index is -1.16. The maximum absolute atomic E-state index is 14.0. The molecule has 0 aromatic heterocycles. The van der Waals surface area contributed by atoms with Gasteiger partial charge in [-0.25, -0.2) is 8.78 Å². The molecule has 0 aliphatic carbocycles. The van der Waals surface area contributed by atoms with Crippen molar-refractivity contribution < 1.29 is 32.6 Å². The second kappa shape index (κ2) is 6.93. The highest BCUT2D eigenvalue weighted by Crippen LogP contribution is 2.54. The van der Waals surface area contributed by atoms with Crippen molar-refractivity contribution in [2.24, 2.45) is 0 Å². The van der Waals surface area contributed by atoms with Gasteiger partial charge in [-0.3, -0.25) is 9.59 Å². The zero-order chi connectivity index (χ0) is 22.7. The molecule has 0 fully saturated rings. The fraction of sp³-hybridized carbons (Fsp3) is 0.167. The average molecular weight is 450 g/mol. The van der Waals surface area contributed by atoms with E-state index in [4.69, 9.17) is 14.2 Å². The SMILES string of the molecule is O=C(CN1C(=O)C2(COc3cc4c(cc32)OCO4)c2ccccc21)Nc1cc(F)ccc1F. The third-order valence-corrected chi connectivity index (χ3v) is 6.15. The molecule has 3 aromatic rings. The number of ether oxygens (including phenoxy) is 3. The number of rotatable bonds is 3. The van der Waals surface area contributed by atoms with Gasteiger partial charge >= 0.3 is 0 Å². The molecule has 0 bridgehead atoms. The standard InChI is InChI=1S/C24H16F2N2O5/c25-13-5-6-16(26)17(7-13)27-22(29)10-28-18-4-2-1-3-14(18)24(23(28)30)11-31-19-9-21-20(8-15(19)24)32-12-33-21/h1-9H,10-12H2,(H,27,29). The first kappa shape index (κ1) is 19.5. The van der Waals surface area contributed by atoms with Crippen LogP contribution in [0.15, 0.2) is 54.6 Å². The molecule has 0 radical (unpaired) electrons. The number of hydrogen-bond acceptors (Lipinski definition) is 5. The Kier molecular flexibility index (Phi) is 4.10. The first-order chi connectivity index (χ1) is 16.0. The monoisotopic (exact) mass is 450 g/mol. The molecular weight excluding hydrogens is 434 g/mol. The summed E-state index contributed by atoms with van der Waals surface area (Å²) in [7, 11) is 0. The molecule has 6 rings (SSSR count). The minimum absolute atomic E-state index is 0.0533. The Hall–Kier alpha value is -4.14. The van der Waals surface area contributed by atoms with Crippen molar-refractivity contribution in [1.29, 1.82) is 0 Å². The normalized spacial score (nSPS) is 19.5. The lowest BCUT2D eigenvalue weighted by Gasteiger charge is -2.23. The van der Waals surface area contributed by atoms with Crippen LogP contribution in [-0.2, 0) is 15.0 Å². The number of nitrogens with one attached hydrogen (secondary N) is 1. The van der Waals surface area contributed by atoms with Gasteiger partial charge in [0.05, 0.1) is 5.69 Å². The molecule has 3 aliphatic rings. The van der Waals surface area contributed by atoms with Crippen molar-refractivity contribution in [2.75, 3.05) is 30.2 Å². The van der Waals surface area contributed by atoms with E-state index in [1.165, 1.54) is 4.90 Å². The molecule has 0 saturated heterocycles. The van der Waals surface area contributed by atoms with E-state index in [2.05, 4.69) is 5.32 Å². The lowest BCUT2D eigenvalue weighted by atomic mass is 9.77. The van der Waals surface area contributed by atoms with E-state index >= 15 is 0 Å². The highest BCUT2D eigenvalue weighted by atomic mass is 19.1. The Morgan fingerprint density at radius 2 is 1.76 bits per heavy atom. The van der Waals surface area contributed by atoms with Gasteiger partial charge < -0.3 is 24.4 Å². The van der Waals surface area contributed by atoms with Crippen LogP contribution in [0.5, 0.6) is 17.2 Å². The van der Waals surface area contributed by atoms with Crippen molar-refractivity contribution in [1.82, 2.24) is 0 Å². The molecule has 1 spiro atoms. The number of halogens is 2. The molecule has 1 unspecified atom stereocenters. The quantitative estimate of drug-likeness (QED) is 0.662. The van der Waals surface area contributed by atoms with Crippen molar-refractivity contribution in [3.63, 3.8) is 0 Å². The number of carbonyl (C=O) groups excluding carboxylic acids is 2. The topological polar surface area (TPSA) is 77.1 Å². The molecule has 166 valence electrons. The van der Waals surface area contributed by atoms with Crippen LogP contribution in [0, 0.1) is 11.6 Å². The van der Waals surface area contributed by atoms with E-state index in [0.717, 1.165) is 18.2 Å². The smallest absolute Gasteiger partial charge is 0.246 e. The Morgan fingerprint density at radius 1 is 0.970 bits per heavy atom. The zero-order valence-corrected chi connectivity index (χ0v) is 17.1. The first-order valence-corrected chi connectivity index (χ1v) is 10.2. The average Bonchev–Trinajstić information content (AvgIpc) is 3.48. The van der Waals surface area contributed by atoms with Gasteiger partial charge in [0.1, 0.15) is 36.0 Å². The summed E-state index contributed by atoms with van der Waals surface area (Å²) in [4.78, 5) is 27.9. The Balaban J connectivity index is 1.37. The number of anilines is 2. The Labute approximate surface area is 186 Å². The van der Waals surface area contributed by atoms with Gasteiger partial charge in [-0.2, -0.15) is 0 Å². The summed E-state index contributed by atoms with van der Waals surface area (Å²) in [6.45, 7) is -0.246. The predicted molar refractivity (Wildman–Crippen MR) is 113 cm³/mol. The number of hydrogen-bond donors (Lipinski definition) is 1. The summed E-state index contributed by atoms with van der Waals surface area (Å²) in [5, 5.41) is 2.35. The number of benzene rings is 3. The molecule has 7 nitrogen and oxygen atoms in total. The van der Waals surface area contributed by atoms with Gasteiger partial charge in [-0.05, 0) is 29.8 Å². The number of amides is 2. The largest absolute Gasteiger partial charge is 0.491 e. The molecule has 1 atom stereocenters. The first-order valence-electron chi connectivity index (χ1n) is 10.2. The number of fused-ring (bicyclic) bond motifs is 5. The van der Waals surface area contributed by atoms with E-state index in [-0.39, 0.29) is 31.5 Å². The number of para-hydroxylation sites is 1. The van der Waals surface area contributed by atoms with Crippen LogP contribution < -0.4 is 24.4 Å². The van der Waals surface area contributed by atoms with E-state index < -0.39 is 23.0 Å². The molecule has 33 heavy (non-hydrogen) atoms. The zero-order valence-electron chi connectivity index (χ0n) is 17.1. The molecule has 2 amide bonds. The van der Waals surface area contributed by atoms with Crippen LogP contribution in [0.3, 0.4) is 0 Å². The predicted octanol–water partition coefficient (Wildman–Crippen LogP) is 3.36. The second-order valence-electron chi connectivity index (χ2n) is 7.98. The summed E-state index contributed by atoms with van der Waals surface area (Å²) in [5.74, 6) is -0.911. The van der Waals surface area contributed by atoms with Gasteiger partial charge in [0.25, 0.3) is 0 Å². The lowest BCUT2D eigenvalue weighted by Crippen LogP contribution is -2.45. The molecular formula is C24H16F2N2O5. The van der Waals surface area contributed by atoms with Crippen molar-refractivity contribution in [3.05, 3.63) is 77.4 Å². The molecule has 3 aliphatic heterocycles. The molecule has 3 aromatic carbocycles. The third-order valence-electron chi connectivity index (χ3n) is 6.15. The lowest BCUT2D eigenvalue weighted by molar-refractivity contribution is -0.124. The molecule has 3 heterocycles. The van der Waals surface area contributed by atoms with Crippen LogP contribution in [0.2, 0.25) is 0 Å². The van der Waals surface area contributed by atoms with E-state index in [9.17, 15) is 18.4 Å². The van der Waals surface area contributed by atoms with E-state index in [0.29, 0.717) is 34.1 Å². The number of carbonyl (C=O) groups is 2. The Morgan fingerprint density at radius 3 is 2.61 bits per heavy atom. The van der Waals surface area contributed by atoms with Gasteiger partial charge in [0.2, 0.25) is 18.6 Å². The van der Waals surface area contributed by atoms with Gasteiger partial charge in [0, 0.05) is 23.4 Å². The second-order valence-corrected chi connectivity index (χ2v) is 7.98. The maximum atomic E-state index is 14.0. The highest BCUT2D eigenvalue weighted by molar-refractivity contribution is 6.14. The fourth-order valence-corrected chi connectivity index (χ4v) is 4.65. The summed E-state index contributed by atoms with van der Waals surface area (Å²) < 4.78 is 44.3. The van der Waals surface area contributed by atoms with E-state index in [1.807, 2.05) is 12.1 Å². The van der Waals surface area contributed by atoms with Crippen LogP contribution in [0.1, 0.15) is 11.1 Å². The van der Waals surface area contributed by atoms with E-state index in [1.54, 1.807) is 24.3 Å². The van der Waals surface area contributed by atoms with Crippen LogP contribution in [0.4, 0.5) is 20.2 Å². The minimum Gasteiger partial charge on any atom is -0.491 e. The summed E-state index contributed by atoms with van der Waals surface area (Å²) in [5.41, 5.74) is 0.418. The van der Waals surface area contributed by atoms with Gasteiger partial charge in [0.15, 0.2) is 11.5 Å². The van der Waals surface area contributed by atoms with Gasteiger partial charge in [-0.1, -0.05) is 18.2 Å². The van der Waals surface area contributed by atoms with Crippen molar-refractivity contribution >= 4 is 23.2 Å². The molecule has 9 heteroatoms. The summed E-state index contributed by atoms with van der Waals surface area (Å²) >= 11 is 0.